The fourth-order valence-electron chi connectivity index (χ4n) is 1.62. The summed E-state index contributed by atoms with van der Waals surface area (Å²) in [5, 5.41) is 10.8. The molecule has 2 aromatic rings. The lowest BCUT2D eigenvalue weighted by atomic mass is 10.2. The molecular formula is C12H12ClF3N4. The first-order chi connectivity index (χ1) is 9.41. The van der Waals surface area contributed by atoms with E-state index in [0.29, 0.717) is 17.9 Å². The molecular weight excluding hydrogens is 293 g/mol. The van der Waals surface area contributed by atoms with Gasteiger partial charge in [-0.2, -0.15) is 13.2 Å². The zero-order valence-corrected chi connectivity index (χ0v) is 11.3. The molecule has 1 aromatic heterocycles. The van der Waals surface area contributed by atoms with Crippen LogP contribution in [0.2, 0.25) is 5.02 Å². The average molecular weight is 305 g/mol. The Hall–Kier alpha value is -1.60. The normalized spacial score (nSPS) is 11.8. The van der Waals surface area contributed by atoms with E-state index in [9.17, 15) is 13.2 Å². The maximum atomic E-state index is 12.5. The zero-order valence-electron chi connectivity index (χ0n) is 10.6. The lowest BCUT2D eigenvalue weighted by Gasteiger charge is -2.09. The Labute approximate surface area is 118 Å². The molecule has 0 radical (unpaired) electrons. The van der Waals surface area contributed by atoms with Crippen LogP contribution >= 0.6 is 11.6 Å². The molecule has 8 heteroatoms. The summed E-state index contributed by atoms with van der Waals surface area (Å²) in [6.45, 7) is 3.28. The van der Waals surface area contributed by atoms with E-state index in [1.165, 1.54) is 10.7 Å². The molecule has 0 spiro atoms. The first-order valence-electron chi connectivity index (χ1n) is 5.91. The molecule has 1 heterocycles. The maximum absolute atomic E-state index is 12.5. The van der Waals surface area contributed by atoms with Crippen LogP contribution in [-0.4, -0.2) is 21.5 Å². The first-order valence-corrected chi connectivity index (χ1v) is 6.28. The number of benzene rings is 1. The highest BCUT2D eigenvalue weighted by Gasteiger charge is 2.31. The molecule has 0 bridgehead atoms. The summed E-state index contributed by atoms with van der Waals surface area (Å²) in [6, 6.07) is 3.12. The number of alkyl halides is 3. The first kappa shape index (κ1) is 14.8. The molecule has 0 unspecified atom stereocenters. The lowest BCUT2D eigenvalue weighted by Crippen LogP contribution is -2.11. The summed E-state index contributed by atoms with van der Waals surface area (Å²) in [5.74, 6) is 0. The number of hydrogen-bond acceptors (Lipinski definition) is 3. The van der Waals surface area contributed by atoms with Crippen molar-refractivity contribution in [3.8, 4) is 5.69 Å². The Balaban J connectivity index is 2.27. The lowest BCUT2D eigenvalue weighted by molar-refractivity contribution is -0.137. The Kier molecular flexibility index (Phi) is 4.29. The number of hydrogen-bond donors (Lipinski definition) is 1. The van der Waals surface area contributed by atoms with Gasteiger partial charge in [-0.15, -0.1) is 5.10 Å². The average Bonchev–Trinajstić information content (AvgIpc) is 2.83. The highest BCUT2D eigenvalue weighted by molar-refractivity contribution is 6.32. The summed E-state index contributed by atoms with van der Waals surface area (Å²) in [5.41, 5.74) is 0.247. The second-order valence-electron chi connectivity index (χ2n) is 4.10. The Morgan fingerprint density at radius 2 is 2.10 bits per heavy atom. The smallest absolute Gasteiger partial charge is 0.311 e. The summed E-state index contributed by atoms with van der Waals surface area (Å²) < 4.78 is 39.0. The van der Waals surface area contributed by atoms with Gasteiger partial charge >= 0.3 is 6.18 Å². The van der Waals surface area contributed by atoms with Gasteiger partial charge in [0, 0.05) is 6.54 Å². The summed E-state index contributed by atoms with van der Waals surface area (Å²) in [6.07, 6.45) is -2.79. The van der Waals surface area contributed by atoms with Crippen LogP contribution in [0, 0.1) is 0 Å². The molecule has 1 aromatic carbocycles. The molecule has 20 heavy (non-hydrogen) atoms. The SMILES string of the molecule is CCNCc1cn(-c2ccc(C(F)(F)F)cc2Cl)nn1. The third-order valence-electron chi connectivity index (χ3n) is 2.62. The second-order valence-corrected chi connectivity index (χ2v) is 4.51. The van der Waals surface area contributed by atoms with E-state index in [1.54, 1.807) is 6.20 Å². The Morgan fingerprint density at radius 3 is 2.70 bits per heavy atom. The highest BCUT2D eigenvalue weighted by atomic mass is 35.5. The van der Waals surface area contributed by atoms with Gasteiger partial charge in [-0.25, -0.2) is 4.68 Å². The minimum absolute atomic E-state index is 0.0280. The molecule has 0 aliphatic heterocycles. The fraction of sp³-hybridized carbons (Fsp3) is 0.333. The van der Waals surface area contributed by atoms with Crippen LogP contribution in [0.5, 0.6) is 0 Å². The summed E-state index contributed by atoms with van der Waals surface area (Å²) >= 11 is 5.88. The molecule has 0 aliphatic rings. The third-order valence-corrected chi connectivity index (χ3v) is 2.92. The van der Waals surface area contributed by atoms with Gasteiger partial charge in [0.15, 0.2) is 0 Å². The molecule has 4 nitrogen and oxygen atoms in total. The van der Waals surface area contributed by atoms with Gasteiger partial charge in [-0.3, -0.25) is 0 Å². The molecule has 0 aliphatic carbocycles. The van der Waals surface area contributed by atoms with E-state index in [-0.39, 0.29) is 5.02 Å². The van der Waals surface area contributed by atoms with Crippen molar-refractivity contribution >= 4 is 11.6 Å². The van der Waals surface area contributed by atoms with Gasteiger partial charge in [0.25, 0.3) is 0 Å². The van der Waals surface area contributed by atoms with E-state index < -0.39 is 11.7 Å². The largest absolute Gasteiger partial charge is 0.416 e. The van der Waals surface area contributed by atoms with E-state index in [2.05, 4.69) is 15.6 Å². The molecule has 108 valence electrons. The molecule has 0 fully saturated rings. The van der Waals surface area contributed by atoms with Crippen molar-refractivity contribution in [2.45, 2.75) is 19.6 Å². The standard InChI is InChI=1S/C12H12ClF3N4/c1-2-17-6-9-7-20(19-18-9)11-4-3-8(5-10(11)13)12(14,15)16/h3-5,7,17H,2,6H2,1H3. The van der Waals surface area contributed by atoms with Crippen LogP contribution in [-0.2, 0) is 12.7 Å². The Bertz CT molecular complexity index is 595. The van der Waals surface area contributed by atoms with Crippen molar-refractivity contribution in [1.29, 1.82) is 0 Å². The fourth-order valence-corrected chi connectivity index (χ4v) is 1.89. The third kappa shape index (κ3) is 3.29. The number of rotatable bonds is 4. The van der Waals surface area contributed by atoms with E-state index in [0.717, 1.165) is 18.7 Å². The summed E-state index contributed by atoms with van der Waals surface area (Å²) in [4.78, 5) is 0. The van der Waals surface area contributed by atoms with Crippen molar-refractivity contribution in [2.75, 3.05) is 6.54 Å². The van der Waals surface area contributed by atoms with Crippen LogP contribution < -0.4 is 5.32 Å². The van der Waals surface area contributed by atoms with Crippen molar-refractivity contribution in [3.63, 3.8) is 0 Å². The van der Waals surface area contributed by atoms with Crippen molar-refractivity contribution in [1.82, 2.24) is 20.3 Å². The monoisotopic (exact) mass is 304 g/mol. The van der Waals surface area contributed by atoms with E-state index >= 15 is 0 Å². The van der Waals surface area contributed by atoms with Crippen molar-refractivity contribution in [2.24, 2.45) is 0 Å². The van der Waals surface area contributed by atoms with Crippen LogP contribution in [0.1, 0.15) is 18.2 Å². The van der Waals surface area contributed by atoms with Gasteiger partial charge in [-0.05, 0) is 24.7 Å². The predicted octanol–water partition coefficient (Wildman–Crippen LogP) is 3.05. The van der Waals surface area contributed by atoms with Gasteiger partial charge in [0.2, 0.25) is 0 Å². The van der Waals surface area contributed by atoms with Gasteiger partial charge < -0.3 is 5.32 Å². The van der Waals surface area contributed by atoms with Gasteiger partial charge in [0.1, 0.15) is 0 Å². The number of halogens is 4. The summed E-state index contributed by atoms with van der Waals surface area (Å²) in [7, 11) is 0. The Morgan fingerprint density at radius 1 is 1.35 bits per heavy atom. The molecule has 0 saturated heterocycles. The predicted molar refractivity (Wildman–Crippen MR) is 68.8 cm³/mol. The van der Waals surface area contributed by atoms with E-state index in [1.807, 2.05) is 6.92 Å². The van der Waals surface area contributed by atoms with Gasteiger partial charge in [0.05, 0.1) is 28.2 Å². The van der Waals surface area contributed by atoms with Gasteiger partial charge in [-0.1, -0.05) is 23.7 Å². The molecule has 0 atom stereocenters. The van der Waals surface area contributed by atoms with Crippen LogP contribution in [0.4, 0.5) is 13.2 Å². The number of nitrogens with zero attached hydrogens (tertiary/aromatic N) is 3. The number of nitrogens with one attached hydrogen (secondary N) is 1. The highest BCUT2D eigenvalue weighted by Crippen LogP contribution is 2.32. The molecule has 0 saturated carbocycles. The van der Waals surface area contributed by atoms with Crippen molar-refractivity contribution < 1.29 is 13.2 Å². The minimum atomic E-state index is -4.42. The minimum Gasteiger partial charge on any atom is -0.311 e. The maximum Gasteiger partial charge on any atom is 0.416 e. The molecule has 1 N–H and O–H groups in total. The zero-order chi connectivity index (χ0) is 14.8. The molecule has 2 rings (SSSR count). The van der Waals surface area contributed by atoms with Crippen LogP contribution in [0.25, 0.3) is 5.69 Å². The van der Waals surface area contributed by atoms with Crippen LogP contribution in [0.15, 0.2) is 24.4 Å². The van der Waals surface area contributed by atoms with E-state index in [4.69, 9.17) is 11.6 Å². The topological polar surface area (TPSA) is 42.7 Å². The van der Waals surface area contributed by atoms with Crippen molar-refractivity contribution in [3.05, 3.63) is 40.7 Å². The number of aromatic nitrogens is 3. The quantitative estimate of drug-likeness (QED) is 0.944. The second kappa shape index (κ2) is 5.80. The molecule has 0 amide bonds. The van der Waals surface area contributed by atoms with Crippen LogP contribution in [0.3, 0.4) is 0 Å².